The van der Waals surface area contributed by atoms with Crippen LogP contribution in [0.4, 0.5) is 4.39 Å². The van der Waals surface area contributed by atoms with Gasteiger partial charge in [0.2, 0.25) is 0 Å². The molecule has 1 nitrogen and oxygen atoms in total. The summed E-state index contributed by atoms with van der Waals surface area (Å²) in [7, 11) is 0. The molecule has 1 saturated carbocycles. The van der Waals surface area contributed by atoms with Gasteiger partial charge in [0.15, 0.2) is 11.6 Å². The highest BCUT2D eigenvalue weighted by Crippen LogP contribution is 2.38. The lowest BCUT2D eigenvalue weighted by Gasteiger charge is -2.28. The Morgan fingerprint density at radius 3 is 2.33 bits per heavy atom. The summed E-state index contributed by atoms with van der Waals surface area (Å²) < 4.78 is 19.4. The molecule has 3 rings (SSSR count). The van der Waals surface area contributed by atoms with Gasteiger partial charge in [0.05, 0.1) is 6.61 Å². The number of halogens is 1. The van der Waals surface area contributed by atoms with Gasteiger partial charge in [0, 0.05) is 0 Å². The molecule has 0 heterocycles. The monoisotopic (exact) mass is 366 g/mol. The predicted octanol–water partition coefficient (Wildman–Crippen LogP) is 7.52. The zero-order chi connectivity index (χ0) is 19.1. The zero-order valence-corrected chi connectivity index (χ0v) is 16.6. The van der Waals surface area contributed by atoms with Gasteiger partial charge in [0.1, 0.15) is 0 Å². The van der Waals surface area contributed by atoms with E-state index in [1.165, 1.54) is 44.1 Å². The Labute approximate surface area is 163 Å². The molecule has 0 amide bonds. The summed E-state index contributed by atoms with van der Waals surface area (Å²) >= 11 is 0. The van der Waals surface area contributed by atoms with Crippen molar-refractivity contribution in [3.05, 3.63) is 66.0 Å². The van der Waals surface area contributed by atoms with Gasteiger partial charge < -0.3 is 4.74 Å². The smallest absolute Gasteiger partial charge is 0.165 e. The molecular formula is C25H31FO. The number of hydrogen-bond acceptors (Lipinski definition) is 1. The highest BCUT2D eigenvalue weighted by molar-refractivity contribution is 5.64. The summed E-state index contributed by atoms with van der Waals surface area (Å²) in [6.45, 7) is 4.44. The summed E-state index contributed by atoms with van der Waals surface area (Å²) in [6, 6.07) is 13.9. The van der Waals surface area contributed by atoms with Gasteiger partial charge in [0.25, 0.3) is 0 Å². The van der Waals surface area contributed by atoms with E-state index in [0.717, 1.165) is 17.0 Å². The van der Waals surface area contributed by atoms with Crippen LogP contribution in [0.3, 0.4) is 0 Å². The highest BCUT2D eigenvalue weighted by atomic mass is 19.1. The minimum absolute atomic E-state index is 0.297. The Morgan fingerprint density at radius 1 is 1.00 bits per heavy atom. The highest BCUT2D eigenvalue weighted by Gasteiger charge is 2.21. The molecule has 1 aliphatic carbocycles. The van der Waals surface area contributed by atoms with E-state index in [2.05, 4.69) is 43.3 Å². The Kier molecular flexibility index (Phi) is 7.09. The summed E-state index contributed by atoms with van der Waals surface area (Å²) in [5.74, 6) is 1.59. The van der Waals surface area contributed by atoms with E-state index in [4.69, 9.17) is 4.74 Å². The van der Waals surface area contributed by atoms with Crippen molar-refractivity contribution < 1.29 is 9.13 Å². The van der Waals surface area contributed by atoms with Crippen LogP contribution in [0, 0.1) is 11.7 Å². The van der Waals surface area contributed by atoms with Crippen LogP contribution in [0.25, 0.3) is 11.1 Å². The number of benzene rings is 2. The third-order valence-electron chi connectivity index (χ3n) is 5.77. The SMILES string of the molecule is C/C=C/CCC1CCC(c2ccc(-c3ccc(OCC)c(F)c3)cc2)CC1. The van der Waals surface area contributed by atoms with Crippen molar-refractivity contribution in [2.24, 2.45) is 5.92 Å². The fraction of sp³-hybridized carbons (Fsp3) is 0.440. The van der Waals surface area contributed by atoms with Gasteiger partial charge in [-0.05, 0) is 93.0 Å². The molecule has 144 valence electrons. The molecule has 1 aliphatic rings. The van der Waals surface area contributed by atoms with E-state index < -0.39 is 0 Å². The molecule has 2 heteroatoms. The Balaban J connectivity index is 1.60. The molecule has 0 atom stereocenters. The first-order valence-electron chi connectivity index (χ1n) is 10.3. The lowest BCUT2D eigenvalue weighted by atomic mass is 9.77. The maximum absolute atomic E-state index is 14.1. The summed E-state index contributed by atoms with van der Waals surface area (Å²) in [5.41, 5.74) is 3.38. The first-order valence-corrected chi connectivity index (χ1v) is 10.3. The summed E-state index contributed by atoms with van der Waals surface area (Å²) in [6.07, 6.45) is 12.3. The molecule has 1 fully saturated rings. The fourth-order valence-electron chi connectivity index (χ4n) is 4.18. The van der Waals surface area contributed by atoms with Crippen LogP contribution >= 0.6 is 0 Å². The van der Waals surface area contributed by atoms with E-state index in [1.807, 2.05) is 13.0 Å². The Hall–Kier alpha value is -2.09. The molecule has 2 aromatic rings. The third-order valence-corrected chi connectivity index (χ3v) is 5.77. The molecular weight excluding hydrogens is 335 g/mol. The third kappa shape index (κ3) is 5.22. The number of hydrogen-bond donors (Lipinski definition) is 0. The van der Waals surface area contributed by atoms with Crippen molar-refractivity contribution in [1.82, 2.24) is 0 Å². The first kappa shape index (κ1) is 19.7. The molecule has 0 unspecified atom stereocenters. The maximum atomic E-state index is 14.1. The molecule has 0 aromatic heterocycles. The van der Waals surface area contributed by atoms with Crippen LogP contribution in [-0.4, -0.2) is 6.61 Å². The van der Waals surface area contributed by atoms with Gasteiger partial charge in [-0.25, -0.2) is 4.39 Å². The molecule has 0 bridgehead atoms. The normalized spacial score (nSPS) is 20.1. The molecule has 27 heavy (non-hydrogen) atoms. The molecule has 0 spiro atoms. The lowest BCUT2D eigenvalue weighted by Crippen LogP contribution is -2.13. The van der Waals surface area contributed by atoms with Crippen LogP contribution < -0.4 is 4.74 Å². The number of allylic oxidation sites excluding steroid dienone is 2. The molecule has 0 saturated heterocycles. The van der Waals surface area contributed by atoms with Gasteiger partial charge in [-0.15, -0.1) is 0 Å². The first-order chi connectivity index (χ1) is 13.2. The number of ether oxygens (including phenoxy) is 1. The second-order valence-corrected chi connectivity index (χ2v) is 7.56. The zero-order valence-electron chi connectivity index (χ0n) is 16.6. The van der Waals surface area contributed by atoms with Crippen molar-refractivity contribution in [2.75, 3.05) is 6.61 Å². The Bertz CT molecular complexity index is 739. The van der Waals surface area contributed by atoms with Gasteiger partial charge >= 0.3 is 0 Å². The van der Waals surface area contributed by atoms with Crippen molar-refractivity contribution >= 4 is 0 Å². The van der Waals surface area contributed by atoms with Gasteiger partial charge in [-0.1, -0.05) is 42.5 Å². The summed E-state index contributed by atoms with van der Waals surface area (Å²) in [5, 5.41) is 0. The van der Waals surface area contributed by atoms with Crippen LogP contribution in [0.15, 0.2) is 54.6 Å². The molecule has 0 aliphatic heterocycles. The van der Waals surface area contributed by atoms with Crippen LogP contribution in [0.5, 0.6) is 5.75 Å². The Morgan fingerprint density at radius 2 is 1.70 bits per heavy atom. The standard InChI is InChI=1S/C25H31FO/c1-3-5-6-7-19-8-10-20(11-9-19)21-12-14-22(15-13-21)23-16-17-25(27-4-2)24(26)18-23/h3,5,12-20H,4,6-11H2,1-2H3/b5-3+. The summed E-state index contributed by atoms with van der Waals surface area (Å²) in [4.78, 5) is 0. The second kappa shape index (κ2) is 9.73. The molecule has 0 N–H and O–H groups in total. The molecule has 0 radical (unpaired) electrons. The minimum atomic E-state index is -0.297. The minimum Gasteiger partial charge on any atom is -0.491 e. The number of rotatable bonds is 7. The average molecular weight is 367 g/mol. The van der Waals surface area contributed by atoms with E-state index in [-0.39, 0.29) is 5.82 Å². The molecule has 2 aromatic carbocycles. The maximum Gasteiger partial charge on any atom is 0.165 e. The second-order valence-electron chi connectivity index (χ2n) is 7.56. The van der Waals surface area contributed by atoms with Crippen molar-refractivity contribution in [3.63, 3.8) is 0 Å². The van der Waals surface area contributed by atoms with E-state index in [1.54, 1.807) is 12.1 Å². The van der Waals surface area contributed by atoms with Crippen molar-refractivity contribution in [1.29, 1.82) is 0 Å². The van der Waals surface area contributed by atoms with Crippen LogP contribution in [-0.2, 0) is 0 Å². The van der Waals surface area contributed by atoms with E-state index in [9.17, 15) is 4.39 Å². The van der Waals surface area contributed by atoms with E-state index in [0.29, 0.717) is 18.3 Å². The van der Waals surface area contributed by atoms with Gasteiger partial charge in [-0.2, -0.15) is 0 Å². The van der Waals surface area contributed by atoms with Crippen LogP contribution in [0.2, 0.25) is 0 Å². The quantitative estimate of drug-likeness (QED) is 0.460. The topological polar surface area (TPSA) is 9.23 Å². The average Bonchev–Trinajstić information content (AvgIpc) is 2.71. The van der Waals surface area contributed by atoms with Crippen molar-refractivity contribution in [2.45, 2.75) is 58.3 Å². The van der Waals surface area contributed by atoms with Gasteiger partial charge in [-0.3, -0.25) is 0 Å². The van der Waals surface area contributed by atoms with Crippen LogP contribution in [0.1, 0.15) is 63.9 Å². The fourth-order valence-corrected chi connectivity index (χ4v) is 4.18. The van der Waals surface area contributed by atoms with E-state index >= 15 is 0 Å². The predicted molar refractivity (Wildman–Crippen MR) is 112 cm³/mol. The largest absolute Gasteiger partial charge is 0.491 e. The lowest BCUT2D eigenvalue weighted by molar-refractivity contribution is 0.312. The van der Waals surface area contributed by atoms with Crippen molar-refractivity contribution in [3.8, 4) is 16.9 Å².